The van der Waals surface area contributed by atoms with Crippen LogP contribution < -0.4 is 5.32 Å². The molecule has 0 aromatic carbocycles. The van der Waals surface area contributed by atoms with Gasteiger partial charge >= 0.3 is 6.18 Å². The summed E-state index contributed by atoms with van der Waals surface area (Å²) < 4.78 is 40.4. The Morgan fingerprint density at radius 1 is 1.35 bits per heavy atom. The molecular formula is C13H21F3N2O2. The summed E-state index contributed by atoms with van der Waals surface area (Å²) >= 11 is 0. The van der Waals surface area contributed by atoms with Crippen LogP contribution in [0.5, 0.6) is 0 Å². The monoisotopic (exact) mass is 294 g/mol. The predicted molar refractivity (Wildman–Crippen MR) is 67.2 cm³/mol. The van der Waals surface area contributed by atoms with Gasteiger partial charge in [-0.1, -0.05) is 0 Å². The largest absolute Gasteiger partial charge is 0.411 e. The van der Waals surface area contributed by atoms with Crippen LogP contribution >= 0.6 is 0 Å². The summed E-state index contributed by atoms with van der Waals surface area (Å²) in [5, 5.41) is 3.32. The molecule has 116 valence electrons. The lowest BCUT2D eigenvalue weighted by Gasteiger charge is -2.44. The second-order valence-corrected chi connectivity index (χ2v) is 5.47. The fourth-order valence-electron chi connectivity index (χ4n) is 3.07. The average Bonchev–Trinajstić information content (AvgIpc) is 2.39. The highest BCUT2D eigenvalue weighted by molar-refractivity contribution is 5.77. The van der Waals surface area contributed by atoms with Crippen molar-refractivity contribution in [3.63, 3.8) is 0 Å². The summed E-state index contributed by atoms with van der Waals surface area (Å²) in [5.41, 5.74) is 0. The van der Waals surface area contributed by atoms with E-state index in [-0.39, 0.29) is 18.6 Å². The van der Waals surface area contributed by atoms with E-state index in [0.717, 1.165) is 25.9 Å². The molecule has 0 aliphatic carbocycles. The molecule has 0 aromatic rings. The summed E-state index contributed by atoms with van der Waals surface area (Å²) in [6.07, 6.45) is -1.43. The lowest BCUT2D eigenvalue weighted by Crippen LogP contribution is -2.55. The molecule has 0 aromatic heterocycles. The molecule has 2 fully saturated rings. The van der Waals surface area contributed by atoms with Gasteiger partial charge in [-0.3, -0.25) is 4.79 Å². The molecule has 1 amide bonds. The minimum Gasteiger partial charge on any atom is -0.372 e. The number of halogens is 3. The molecular weight excluding hydrogens is 273 g/mol. The molecule has 0 radical (unpaired) electrons. The van der Waals surface area contributed by atoms with E-state index in [1.807, 2.05) is 4.90 Å². The Hall–Kier alpha value is -0.820. The number of nitrogens with zero attached hydrogens (tertiary/aromatic N) is 1. The average molecular weight is 294 g/mol. The van der Waals surface area contributed by atoms with E-state index in [1.54, 1.807) is 0 Å². The summed E-state index contributed by atoms with van der Waals surface area (Å²) in [5.74, 6) is 0.613. The normalized spacial score (nSPS) is 27.6. The summed E-state index contributed by atoms with van der Waals surface area (Å²) in [6.45, 7) is 1.16. The fraction of sp³-hybridized carbons (Fsp3) is 0.923. The Morgan fingerprint density at radius 3 is 2.90 bits per heavy atom. The van der Waals surface area contributed by atoms with Gasteiger partial charge in [-0.05, 0) is 38.3 Å². The van der Waals surface area contributed by atoms with Gasteiger partial charge in [0.2, 0.25) is 5.91 Å². The maximum atomic E-state index is 12.0. The standard InChI is InChI=1S/C13H21F3N2O2/c14-13(15,16)9-20-7-1-6-18-11-4-5-17-8-10(11)2-3-12(18)19/h10-11,17H,1-9H2. The van der Waals surface area contributed by atoms with Gasteiger partial charge in [0.15, 0.2) is 0 Å². The third kappa shape index (κ3) is 4.34. The number of alkyl halides is 3. The zero-order valence-electron chi connectivity index (χ0n) is 11.4. The maximum Gasteiger partial charge on any atom is 0.411 e. The van der Waals surface area contributed by atoms with Crippen molar-refractivity contribution in [1.82, 2.24) is 10.2 Å². The first-order chi connectivity index (χ1) is 9.47. The maximum absolute atomic E-state index is 12.0. The molecule has 0 saturated carbocycles. The van der Waals surface area contributed by atoms with Gasteiger partial charge in [0, 0.05) is 25.6 Å². The van der Waals surface area contributed by atoms with Crippen molar-refractivity contribution in [1.29, 1.82) is 0 Å². The number of hydrogen-bond donors (Lipinski definition) is 1. The van der Waals surface area contributed by atoms with E-state index in [4.69, 9.17) is 0 Å². The number of hydrogen-bond acceptors (Lipinski definition) is 3. The summed E-state index contributed by atoms with van der Waals surface area (Å²) in [4.78, 5) is 13.8. The zero-order chi connectivity index (χ0) is 14.6. The van der Waals surface area contributed by atoms with Gasteiger partial charge in [0.1, 0.15) is 6.61 Å². The highest BCUT2D eigenvalue weighted by Crippen LogP contribution is 2.28. The molecule has 1 N–H and O–H groups in total. The molecule has 2 heterocycles. The van der Waals surface area contributed by atoms with Crippen LogP contribution in [0.25, 0.3) is 0 Å². The number of likely N-dealkylation sites (tertiary alicyclic amines) is 1. The SMILES string of the molecule is O=C1CCC2CNCCC2N1CCCOCC(F)(F)F. The molecule has 0 spiro atoms. The molecule has 4 nitrogen and oxygen atoms in total. The molecule has 7 heteroatoms. The highest BCUT2D eigenvalue weighted by atomic mass is 19.4. The van der Waals surface area contributed by atoms with Crippen LogP contribution in [0.15, 0.2) is 0 Å². The number of carbonyl (C=O) groups excluding carboxylic acids is 1. The van der Waals surface area contributed by atoms with Gasteiger partial charge in [0.25, 0.3) is 0 Å². The lowest BCUT2D eigenvalue weighted by atomic mass is 9.84. The van der Waals surface area contributed by atoms with Gasteiger partial charge in [0.05, 0.1) is 0 Å². The topological polar surface area (TPSA) is 41.6 Å². The first-order valence-electron chi connectivity index (χ1n) is 7.12. The number of ether oxygens (including phenoxy) is 1. The van der Waals surface area contributed by atoms with Gasteiger partial charge in [-0.15, -0.1) is 0 Å². The molecule has 2 atom stereocenters. The van der Waals surface area contributed by atoms with Crippen molar-refractivity contribution >= 4 is 5.91 Å². The van der Waals surface area contributed by atoms with Gasteiger partial charge in [-0.25, -0.2) is 0 Å². The van der Waals surface area contributed by atoms with Crippen molar-refractivity contribution in [2.45, 2.75) is 37.9 Å². The third-order valence-electron chi connectivity index (χ3n) is 3.97. The molecule has 2 rings (SSSR count). The van der Waals surface area contributed by atoms with Crippen LogP contribution in [0.3, 0.4) is 0 Å². The van der Waals surface area contributed by atoms with Crippen molar-refractivity contribution in [3.05, 3.63) is 0 Å². The second kappa shape index (κ2) is 6.76. The van der Waals surface area contributed by atoms with Gasteiger partial charge in [-0.2, -0.15) is 13.2 Å². The van der Waals surface area contributed by atoms with E-state index >= 15 is 0 Å². The van der Waals surface area contributed by atoms with Crippen LogP contribution in [0.4, 0.5) is 13.2 Å². The van der Waals surface area contributed by atoms with Crippen LogP contribution in [0, 0.1) is 5.92 Å². The van der Waals surface area contributed by atoms with Crippen LogP contribution in [-0.2, 0) is 9.53 Å². The van der Waals surface area contributed by atoms with E-state index < -0.39 is 12.8 Å². The highest BCUT2D eigenvalue weighted by Gasteiger charge is 2.36. The molecule has 2 saturated heterocycles. The van der Waals surface area contributed by atoms with E-state index in [1.165, 1.54) is 0 Å². The quantitative estimate of drug-likeness (QED) is 0.782. The van der Waals surface area contributed by atoms with Crippen molar-refractivity contribution in [2.24, 2.45) is 5.92 Å². The van der Waals surface area contributed by atoms with Gasteiger partial charge < -0.3 is 15.0 Å². The molecule has 2 aliphatic heterocycles. The van der Waals surface area contributed by atoms with Crippen LogP contribution in [0.2, 0.25) is 0 Å². The number of carbonyl (C=O) groups is 1. The zero-order valence-corrected chi connectivity index (χ0v) is 11.4. The molecule has 20 heavy (non-hydrogen) atoms. The van der Waals surface area contributed by atoms with Crippen LogP contribution in [0.1, 0.15) is 25.7 Å². The number of amides is 1. The Balaban J connectivity index is 1.73. The van der Waals surface area contributed by atoms with Crippen LogP contribution in [-0.4, -0.2) is 55.9 Å². The van der Waals surface area contributed by atoms with E-state index in [9.17, 15) is 18.0 Å². The Morgan fingerprint density at radius 2 is 2.15 bits per heavy atom. The fourth-order valence-corrected chi connectivity index (χ4v) is 3.07. The van der Waals surface area contributed by atoms with Crippen molar-refractivity contribution in [3.8, 4) is 0 Å². The number of fused-ring (bicyclic) bond motifs is 1. The smallest absolute Gasteiger partial charge is 0.372 e. The van der Waals surface area contributed by atoms with Crippen molar-refractivity contribution in [2.75, 3.05) is 32.8 Å². The summed E-state index contributed by atoms with van der Waals surface area (Å²) in [7, 11) is 0. The molecule has 2 aliphatic rings. The number of piperidine rings is 2. The molecule has 2 unspecified atom stereocenters. The third-order valence-corrected chi connectivity index (χ3v) is 3.97. The number of rotatable bonds is 5. The minimum atomic E-state index is -4.28. The Bertz CT molecular complexity index is 336. The first kappa shape index (κ1) is 15.6. The van der Waals surface area contributed by atoms with E-state index in [0.29, 0.717) is 25.3 Å². The Labute approximate surface area is 116 Å². The predicted octanol–water partition coefficient (Wildman–Crippen LogP) is 1.56. The number of nitrogens with one attached hydrogen (secondary N) is 1. The molecule has 0 bridgehead atoms. The van der Waals surface area contributed by atoms with E-state index in [2.05, 4.69) is 10.1 Å². The minimum absolute atomic E-state index is 0.0406. The van der Waals surface area contributed by atoms with Crippen molar-refractivity contribution < 1.29 is 22.7 Å². The lowest BCUT2D eigenvalue weighted by molar-refractivity contribution is -0.174. The first-order valence-corrected chi connectivity index (χ1v) is 7.12. The summed E-state index contributed by atoms with van der Waals surface area (Å²) in [6, 6.07) is 0.250. The Kier molecular flexibility index (Phi) is 5.26. The second-order valence-electron chi connectivity index (χ2n) is 5.47.